The lowest BCUT2D eigenvalue weighted by Gasteiger charge is -2.45. The number of nitrogens with one attached hydrogen (secondary N) is 1. The molecule has 1 aliphatic rings. The van der Waals surface area contributed by atoms with Crippen LogP contribution in [0.3, 0.4) is 0 Å². The third-order valence-corrected chi connectivity index (χ3v) is 5.98. The zero-order valence-corrected chi connectivity index (χ0v) is 19.0. The van der Waals surface area contributed by atoms with Crippen LogP contribution in [0.1, 0.15) is 51.8 Å². The Morgan fingerprint density at radius 2 is 1.73 bits per heavy atom. The molecular weight excluding hydrogens is 419 g/mol. The minimum absolute atomic E-state index is 0.0476. The molecule has 1 atom stereocenters. The predicted molar refractivity (Wildman–Crippen MR) is 126 cm³/mol. The lowest BCUT2D eigenvalue weighted by Crippen LogP contribution is -2.56. The van der Waals surface area contributed by atoms with Crippen LogP contribution in [0.25, 0.3) is 0 Å². The quantitative estimate of drug-likeness (QED) is 0.586. The summed E-state index contributed by atoms with van der Waals surface area (Å²) in [4.78, 5) is 28.0. The summed E-state index contributed by atoms with van der Waals surface area (Å²) >= 11 is 0. The summed E-state index contributed by atoms with van der Waals surface area (Å²) in [5.41, 5.74) is 2.18. The van der Waals surface area contributed by atoms with Crippen molar-refractivity contribution in [1.29, 1.82) is 0 Å². The number of anilines is 1. The number of carbonyl (C=O) groups excluding carboxylic acids is 2. The number of ether oxygens (including phenoxy) is 1. The molecule has 0 aliphatic carbocycles. The number of benzene rings is 3. The van der Waals surface area contributed by atoms with E-state index in [2.05, 4.69) is 5.32 Å². The van der Waals surface area contributed by atoms with Crippen molar-refractivity contribution in [1.82, 2.24) is 4.90 Å². The zero-order valence-electron chi connectivity index (χ0n) is 19.0. The van der Waals surface area contributed by atoms with Crippen molar-refractivity contribution in [3.05, 3.63) is 101 Å². The lowest BCUT2D eigenvalue weighted by molar-refractivity contribution is -0.0846. The first-order valence-electron chi connectivity index (χ1n) is 10.9. The van der Waals surface area contributed by atoms with Gasteiger partial charge >= 0.3 is 0 Å². The molecule has 3 aromatic rings. The van der Waals surface area contributed by atoms with E-state index in [4.69, 9.17) is 4.74 Å². The molecule has 5 nitrogen and oxygen atoms in total. The van der Waals surface area contributed by atoms with Crippen molar-refractivity contribution in [2.75, 3.05) is 18.5 Å². The molecule has 1 N–H and O–H groups in total. The smallest absolute Gasteiger partial charge is 0.258 e. The van der Waals surface area contributed by atoms with Gasteiger partial charge in [-0.1, -0.05) is 48.5 Å². The third-order valence-electron chi connectivity index (χ3n) is 5.98. The number of hydrogen-bond donors (Lipinski definition) is 1. The average Bonchev–Trinajstić information content (AvgIpc) is 2.80. The van der Waals surface area contributed by atoms with Gasteiger partial charge in [0, 0.05) is 11.3 Å². The second-order valence-electron chi connectivity index (χ2n) is 8.90. The van der Waals surface area contributed by atoms with Gasteiger partial charge in [0.2, 0.25) is 0 Å². The van der Waals surface area contributed by atoms with Crippen LogP contribution < -0.4 is 5.32 Å². The second-order valence-corrected chi connectivity index (χ2v) is 8.90. The summed E-state index contributed by atoms with van der Waals surface area (Å²) in [6.45, 7) is 6.60. The van der Waals surface area contributed by atoms with E-state index >= 15 is 0 Å². The molecule has 6 heteroatoms. The molecule has 4 rings (SSSR count). The van der Waals surface area contributed by atoms with E-state index < -0.39 is 17.3 Å². The van der Waals surface area contributed by atoms with E-state index in [0.29, 0.717) is 24.4 Å². The van der Waals surface area contributed by atoms with Crippen LogP contribution in [0.15, 0.2) is 72.8 Å². The fraction of sp³-hybridized carbons (Fsp3) is 0.259. The molecule has 1 unspecified atom stereocenters. The molecule has 3 aromatic carbocycles. The van der Waals surface area contributed by atoms with Crippen LogP contribution in [-0.2, 0) is 4.74 Å². The molecule has 0 spiro atoms. The first-order valence-corrected chi connectivity index (χ1v) is 10.9. The molecule has 1 aliphatic heterocycles. The van der Waals surface area contributed by atoms with Gasteiger partial charge in [0.05, 0.1) is 24.3 Å². The van der Waals surface area contributed by atoms with Crippen molar-refractivity contribution in [3.8, 4) is 0 Å². The first kappa shape index (κ1) is 22.7. The van der Waals surface area contributed by atoms with Gasteiger partial charge in [-0.15, -0.1) is 0 Å². The van der Waals surface area contributed by atoms with Crippen LogP contribution in [-0.4, -0.2) is 35.4 Å². The number of nitrogens with zero attached hydrogens (tertiary/aromatic N) is 1. The highest BCUT2D eigenvalue weighted by Crippen LogP contribution is 2.32. The highest BCUT2D eigenvalue weighted by atomic mass is 19.1. The molecule has 170 valence electrons. The summed E-state index contributed by atoms with van der Waals surface area (Å²) < 4.78 is 20.1. The van der Waals surface area contributed by atoms with E-state index in [-0.39, 0.29) is 17.6 Å². The van der Waals surface area contributed by atoms with Crippen molar-refractivity contribution < 1.29 is 18.7 Å². The highest BCUT2D eigenvalue weighted by molar-refractivity contribution is 6.05. The second kappa shape index (κ2) is 9.16. The van der Waals surface area contributed by atoms with Crippen LogP contribution >= 0.6 is 0 Å². The highest BCUT2D eigenvalue weighted by Gasteiger charge is 2.39. The Bertz CT molecular complexity index is 1180. The van der Waals surface area contributed by atoms with Gasteiger partial charge in [-0.25, -0.2) is 4.39 Å². The van der Waals surface area contributed by atoms with Crippen LogP contribution in [0, 0.1) is 12.7 Å². The topological polar surface area (TPSA) is 58.6 Å². The number of hydrogen-bond acceptors (Lipinski definition) is 3. The zero-order chi connectivity index (χ0) is 23.6. The number of rotatable bonds is 4. The van der Waals surface area contributed by atoms with Crippen LogP contribution in [0.5, 0.6) is 0 Å². The Balaban J connectivity index is 1.58. The summed E-state index contributed by atoms with van der Waals surface area (Å²) in [6.07, 6.45) is -0.214. The first-order chi connectivity index (χ1) is 15.8. The van der Waals surface area contributed by atoms with Crippen molar-refractivity contribution in [3.63, 3.8) is 0 Å². The number of halogens is 1. The number of carbonyl (C=O) groups is 2. The summed E-state index contributed by atoms with van der Waals surface area (Å²) in [6, 6.07) is 20.8. The number of morpholine rings is 1. The Labute approximate surface area is 193 Å². The normalized spacial score (nSPS) is 17.5. The molecule has 0 aromatic heterocycles. The maximum atomic E-state index is 14.0. The minimum Gasteiger partial charge on any atom is -0.369 e. The minimum atomic E-state index is -0.595. The number of aryl methyl sites for hydroxylation is 1. The van der Waals surface area contributed by atoms with E-state index in [1.807, 2.05) is 56.0 Å². The molecule has 1 heterocycles. The maximum Gasteiger partial charge on any atom is 0.258 e. The van der Waals surface area contributed by atoms with Crippen LogP contribution in [0.2, 0.25) is 0 Å². The SMILES string of the molecule is Cc1ccc(C(=O)N2CC(c3ccccc3)OCC2(C)C)cc1NC(=O)c1ccccc1F. The molecule has 0 bridgehead atoms. The Morgan fingerprint density at radius 1 is 1.03 bits per heavy atom. The Kier molecular flexibility index (Phi) is 6.29. The maximum absolute atomic E-state index is 14.0. The van der Waals surface area contributed by atoms with E-state index in [0.717, 1.165) is 11.1 Å². The summed E-state index contributed by atoms with van der Waals surface area (Å²) in [5.74, 6) is -1.30. The van der Waals surface area contributed by atoms with Gasteiger partial charge in [-0.3, -0.25) is 9.59 Å². The molecule has 0 radical (unpaired) electrons. The molecule has 1 saturated heterocycles. The van der Waals surface area contributed by atoms with Gasteiger partial charge in [-0.05, 0) is 56.2 Å². The largest absolute Gasteiger partial charge is 0.369 e. The monoisotopic (exact) mass is 446 g/mol. The standard InChI is InChI=1S/C27H27FN2O3/c1-18-13-14-20(15-23(18)29-25(31)21-11-7-8-12-22(21)28)26(32)30-16-24(33-17-27(30,2)3)19-9-5-4-6-10-19/h4-15,24H,16-17H2,1-3H3,(H,29,31). The third kappa shape index (κ3) is 4.81. The van der Waals surface area contributed by atoms with Crippen LogP contribution in [0.4, 0.5) is 10.1 Å². The van der Waals surface area contributed by atoms with Crippen molar-refractivity contribution in [2.24, 2.45) is 0 Å². The van der Waals surface area contributed by atoms with E-state index in [1.54, 1.807) is 24.3 Å². The number of amides is 2. The van der Waals surface area contributed by atoms with Gasteiger partial charge in [0.15, 0.2) is 0 Å². The Hall–Kier alpha value is -3.51. The predicted octanol–water partition coefficient (Wildman–Crippen LogP) is 5.38. The molecular formula is C27H27FN2O3. The molecule has 1 fully saturated rings. The fourth-order valence-electron chi connectivity index (χ4n) is 3.96. The molecule has 2 amide bonds. The average molecular weight is 447 g/mol. The van der Waals surface area contributed by atoms with Gasteiger partial charge < -0.3 is 15.0 Å². The summed E-state index contributed by atoms with van der Waals surface area (Å²) in [7, 11) is 0. The summed E-state index contributed by atoms with van der Waals surface area (Å²) in [5, 5.41) is 2.75. The lowest BCUT2D eigenvalue weighted by atomic mass is 9.96. The molecule has 33 heavy (non-hydrogen) atoms. The van der Waals surface area contributed by atoms with E-state index in [1.165, 1.54) is 18.2 Å². The van der Waals surface area contributed by atoms with Crippen molar-refractivity contribution in [2.45, 2.75) is 32.4 Å². The van der Waals surface area contributed by atoms with Gasteiger partial charge in [0.1, 0.15) is 11.9 Å². The fourth-order valence-corrected chi connectivity index (χ4v) is 3.96. The molecule has 0 saturated carbocycles. The van der Waals surface area contributed by atoms with Crippen molar-refractivity contribution >= 4 is 17.5 Å². The van der Waals surface area contributed by atoms with E-state index in [9.17, 15) is 14.0 Å². The Morgan fingerprint density at radius 3 is 2.45 bits per heavy atom. The van der Waals surface area contributed by atoms with Gasteiger partial charge in [0.25, 0.3) is 11.8 Å². The van der Waals surface area contributed by atoms with Gasteiger partial charge in [-0.2, -0.15) is 0 Å².